The van der Waals surface area contributed by atoms with Crippen molar-refractivity contribution in [1.82, 2.24) is 9.55 Å². The van der Waals surface area contributed by atoms with Crippen LogP contribution in [0.15, 0.2) is 22.9 Å². The number of ether oxygens (including phenoxy) is 1. The second-order valence-corrected chi connectivity index (χ2v) is 5.85. The lowest BCUT2D eigenvalue weighted by molar-refractivity contribution is 0.0616. The molecule has 19 heavy (non-hydrogen) atoms. The zero-order chi connectivity index (χ0) is 13.2. The molecule has 1 saturated heterocycles. The molecular formula is C14H15BrN2O2. The molecule has 3 rings (SSSR count). The fraction of sp³-hybridized carbons (Fsp3) is 0.429. The van der Waals surface area contributed by atoms with Gasteiger partial charge in [-0.25, -0.2) is 0 Å². The highest BCUT2D eigenvalue weighted by atomic mass is 79.9. The zero-order valence-corrected chi connectivity index (χ0v) is 12.1. The lowest BCUT2D eigenvalue weighted by Gasteiger charge is -2.22. The molecule has 0 bridgehead atoms. The molecule has 100 valence electrons. The number of rotatable bonds is 3. The van der Waals surface area contributed by atoms with Gasteiger partial charge in [0.1, 0.15) is 0 Å². The maximum absolute atomic E-state index is 11.1. The smallest absolute Gasteiger partial charge is 0.153 e. The molecule has 0 amide bonds. The summed E-state index contributed by atoms with van der Waals surface area (Å²) in [6.45, 7) is 2.60. The summed E-state index contributed by atoms with van der Waals surface area (Å²) >= 11 is 3.44. The highest BCUT2D eigenvalue weighted by Crippen LogP contribution is 2.25. The minimum Gasteiger partial charge on any atom is -0.381 e. The van der Waals surface area contributed by atoms with E-state index in [4.69, 9.17) is 4.74 Å². The van der Waals surface area contributed by atoms with Gasteiger partial charge in [0.2, 0.25) is 0 Å². The fourth-order valence-electron chi connectivity index (χ4n) is 2.61. The summed E-state index contributed by atoms with van der Waals surface area (Å²) in [7, 11) is 0. The van der Waals surface area contributed by atoms with Crippen molar-refractivity contribution in [3.8, 4) is 0 Å². The van der Waals surface area contributed by atoms with Crippen LogP contribution < -0.4 is 0 Å². The van der Waals surface area contributed by atoms with Crippen molar-refractivity contribution in [1.29, 1.82) is 0 Å². The first-order chi connectivity index (χ1) is 9.28. The van der Waals surface area contributed by atoms with Gasteiger partial charge in [0, 0.05) is 36.6 Å². The number of nitrogens with zero attached hydrogens (tertiary/aromatic N) is 2. The molecule has 0 aromatic carbocycles. The van der Waals surface area contributed by atoms with Gasteiger partial charge in [-0.3, -0.25) is 9.78 Å². The van der Waals surface area contributed by atoms with Crippen LogP contribution >= 0.6 is 15.9 Å². The van der Waals surface area contributed by atoms with Gasteiger partial charge in [0.05, 0.1) is 16.6 Å². The van der Waals surface area contributed by atoms with Gasteiger partial charge in [-0.2, -0.15) is 0 Å². The molecule has 1 aliphatic rings. The summed E-state index contributed by atoms with van der Waals surface area (Å²) < 4.78 is 8.46. The highest BCUT2D eigenvalue weighted by Gasteiger charge is 2.17. The summed E-state index contributed by atoms with van der Waals surface area (Å²) in [5, 5.41) is 0. The lowest BCUT2D eigenvalue weighted by atomic mass is 10.0. The predicted molar refractivity (Wildman–Crippen MR) is 76.4 cm³/mol. The largest absolute Gasteiger partial charge is 0.381 e. The Morgan fingerprint density at radius 1 is 1.47 bits per heavy atom. The van der Waals surface area contributed by atoms with Gasteiger partial charge in [0.25, 0.3) is 0 Å². The van der Waals surface area contributed by atoms with Crippen molar-refractivity contribution in [3.63, 3.8) is 0 Å². The van der Waals surface area contributed by atoms with E-state index in [0.717, 1.165) is 54.4 Å². The topological polar surface area (TPSA) is 44.1 Å². The van der Waals surface area contributed by atoms with E-state index in [2.05, 4.69) is 25.5 Å². The van der Waals surface area contributed by atoms with E-state index in [0.29, 0.717) is 11.5 Å². The number of fused-ring (bicyclic) bond motifs is 1. The standard InChI is InChI=1S/C14H15BrN2O2/c15-12-5-13-14(16-6-12)11(9-18)8-17(13)7-10-1-3-19-4-2-10/h5-6,8-10H,1-4,7H2. The molecule has 2 aromatic rings. The summed E-state index contributed by atoms with van der Waals surface area (Å²) in [6.07, 6.45) is 6.68. The first-order valence-corrected chi connectivity index (χ1v) is 7.24. The van der Waals surface area contributed by atoms with Crippen LogP contribution in [-0.4, -0.2) is 29.1 Å². The number of aromatic nitrogens is 2. The Morgan fingerprint density at radius 3 is 3.00 bits per heavy atom. The SMILES string of the molecule is O=Cc1cn(CC2CCOCC2)c2cc(Br)cnc12. The molecular weight excluding hydrogens is 308 g/mol. The van der Waals surface area contributed by atoms with Crippen molar-refractivity contribution < 1.29 is 9.53 Å². The first-order valence-electron chi connectivity index (χ1n) is 6.45. The maximum Gasteiger partial charge on any atom is 0.153 e. The number of pyridine rings is 1. The van der Waals surface area contributed by atoms with E-state index < -0.39 is 0 Å². The van der Waals surface area contributed by atoms with Gasteiger partial charge in [-0.15, -0.1) is 0 Å². The lowest BCUT2D eigenvalue weighted by Crippen LogP contribution is -2.20. The molecule has 1 aliphatic heterocycles. The van der Waals surface area contributed by atoms with Gasteiger partial charge in [-0.1, -0.05) is 0 Å². The molecule has 4 nitrogen and oxygen atoms in total. The predicted octanol–water partition coefficient (Wildman–Crippen LogP) is 3.04. The maximum atomic E-state index is 11.1. The monoisotopic (exact) mass is 322 g/mol. The van der Waals surface area contributed by atoms with Gasteiger partial charge < -0.3 is 9.30 Å². The van der Waals surface area contributed by atoms with Gasteiger partial charge >= 0.3 is 0 Å². The zero-order valence-electron chi connectivity index (χ0n) is 10.5. The van der Waals surface area contributed by atoms with Crippen molar-refractivity contribution in [3.05, 3.63) is 28.5 Å². The minimum atomic E-state index is 0.614. The van der Waals surface area contributed by atoms with Crippen molar-refractivity contribution in [2.45, 2.75) is 19.4 Å². The van der Waals surface area contributed by atoms with Crippen LogP contribution in [0.1, 0.15) is 23.2 Å². The molecule has 1 fully saturated rings. The number of aldehydes is 1. The molecule has 0 aliphatic carbocycles. The number of hydrogen-bond acceptors (Lipinski definition) is 3. The normalized spacial score (nSPS) is 16.9. The van der Waals surface area contributed by atoms with Crippen LogP contribution in [0.2, 0.25) is 0 Å². The Balaban J connectivity index is 1.97. The Morgan fingerprint density at radius 2 is 2.26 bits per heavy atom. The third-order valence-electron chi connectivity index (χ3n) is 3.63. The molecule has 0 unspecified atom stereocenters. The van der Waals surface area contributed by atoms with Crippen LogP contribution in [0.5, 0.6) is 0 Å². The van der Waals surface area contributed by atoms with Crippen LogP contribution in [0.25, 0.3) is 11.0 Å². The van der Waals surface area contributed by atoms with Gasteiger partial charge in [0.15, 0.2) is 6.29 Å². The average molecular weight is 323 g/mol. The molecule has 5 heteroatoms. The third-order valence-corrected chi connectivity index (χ3v) is 4.07. The first kappa shape index (κ1) is 12.8. The van der Waals surface area contributed by atoms with Crippen LogP contribution in [0, 0.1) is 5.92 Å². The van der Waals surface area contributed by atoms with E-state index in [1.165, 1.54) is 0 Å². The Hall–Kier alpha value is -1.20. The van der Waals surface area contributed by atoms with E-state index in [9.17, 15) is 4.79 Å². The second kappa shape index (κ2) is 5.43. The third kappa shape index (κ3) is 2.58. The van der Waals surface area contributed by atoms with Crippen molar-refractivity contribution >= 4 is 33.2 Å². The summed E-state index contributed by atoms with van der Waals surface area (Å²) in [5.74, 6) is 0.614. The molecule has 0 saturated carbocycles. The number of hydrogen-bond donors (Lipinski definition) is 0. The Bertz CT molecular complexity index is 603. The Labute approximate surface area is 119 Å². The van der Waals surface area contributed by atoms with Gasteiger partial charge in [-0.05, 0) is 40.8 Å². The minimum absolute atomic E-state index is 0.614. The quantitative estimate of drug-likeness (QED) is 0.816. The Kier molecular flexibility index (Phi) is 3.66. The van der Waals surface area contributed by atoms with E-state index in [1.807, 2.05) is 12.3 Å². The molecule has 0 atom stereocenters. The van der Waals surface area contributed by atoms with Crippen LogP contribution in [-0.2, 0) is 11.3 Å². The number of carbonyl (C=O) groups excluding carboxylic acids is 1. The van der Waals surface area contributed by atoms with Crippen LogP contribution in [0.3, 0.4) is 0 Å². The van der Waals surface area contributed by atoms with Crippen LogP contribution in [0.4, 0.5) is 0 Å². The summed E-state index contributed by atoms with van der Waals surface area (Å²) in [6, 6.07) is 2.02. The fourth-order valence-corrected chi connectivity index (χ4v) is 2.93. The highest BCUT2D eigenvalue weighted by molar-refractivity contribution is 9.10. The molecule has 0 radical (unpaired) electrons. The molecule has 0 spiro atoms. The number of halogens is 1. The number of carbonyl (C=O) groups is 1. The van der Waals surface area contributed by atoms with E-state index >= 15 is 0 Å². The van der Waals surface area contributed by atoms with E-state index in [1.54, 1.807) is 6.20 Å². The van der Waals surface area contributed by atoms with Crippen molar-refractivity contribution in [2.75, 3.05) is 13.2 Å². The second-order valence-electron chi connectivity index (χ2n) is 4.93. The molecule has 3 heterocycles. The molecule has 0 N–H and O–H groups in total. The van der Waals surface area contributed by atoms with E-state index in [-0.39, 0.29) is 0 Å². The van der Waals surface area contributed by atoms with Crippen molar-refractivity contribution in [2.24, 2.45) is 5.92 Å². The summed E-state index contributed by atoms with van der Waals surface area (Å²) in [5.41, 5.74) is 2.46. The average Bonchev–Trinajstić information content (AvgIpc) is 2.77. The molecule has 2 aromatic heterocycles. The summed E-state index contributed by atoms with van der Waals surface area (Å²) in [4.78, 5) is 15.5.